The van der Waals surface area contributed by atoms with Crippen molar-refractivity contribution in [1.82, 2.24) is 10.6 Å². The Morgan fingerprint density at radius 3 is 2.66 bits per heavy atom. The minimum Gasteiger partial charge on any atom is -0.493 e. The van der Waals surface area contributed by atoms with Crippen LogP contribution in [0.2, 0.25) is 0 Å². The van der Waals surface area contributed by atoms with Gasteiger partial charge in [-0.15, -0.1) is 0 Å². The number of rotatable bonds is 7. The average Bonchev–Trinajstić information content (AvgIpc) is 2.64. The van der Waals surface area contributed by atoms with Crippen LogP contribution in [-0.2, 0) is 6.42 Å². The standard InChI is InChI=1S/C20H21F2IN2O4/c21-12-5-11(6-13(22)8-12)7-17(25-20(27)28)18(26)10-24-16-3-4-29-19-2-1-14(23)9-15(16)19/h1-2,5-6,8-9,16-18,24-26H,3-4,7,10H2,(H,27,28)/t16-,17-,18-/m0/s1. The van der Waals surface area contributed by atoms with Crippen LogP contribution in [0, 0.1) is 15.2 Å². The van der Waals surface area contributed by atoms with Crippen molar-refractivity contribution in [3.63, 3.8) is 0 Å². The first-order valence-corrected chi connectivity index (χ1v) is 10.2. The minimum atomic E-state index is -1.32. The van der Waals surface area contributed by atoms with E-state index >= 15 is 0 Å². The zero-order valence-corrected chi connectivity index (χ0v) is 17.5. The number of hydrogen-bond donors (Lipinski definition) is 4. The predicted octanol–water partition coefficient (Wildman–Crippen LogP) is 3.22. The Morgan fingerprint density at radius 1 is 1.24 bits per heavy atom. The molecule has 0 aliphatic carbocycles. The van der Waals surface area contributed by atoms with Crippen LogP contribution < -0.4 is 15.4 Å². The third kappa shape index (κ3) is 6.00. The van der Waals surface area contributed by atoms with Crippen LogP contribution in [0.1, 0.15) is 23.6 Å². The summed E-state index contributed by atoms with van der Waals surface area (Å²) in [7, 11) is 0. The number of aliphatic hydroxyl groups is 1. The van der Waals surface area contributed by atoms with Crippen molar-refractivity contribution in [2.75, 3.05) is 13.2 Å². The molecule has 156 valence electrons. The van der Waals surface area contributed by atoms with Crippen molar-refractivity contribution in [2.24, 2.45) is 0 Å². The molecule has 0 saturated heterocycles. The molecule has 0 aromatic heterocycles. The molecule has 0 unspecified atom stereocenters. The Bertz CT molecular complexity index is 863. The van der Waals surface area contributed by atoms with Gasteiger partial charge in [0.2, 0.25) is 0 Å². The molecule has 29 heavy (non-hydrogen) atoms. The molecule has 2 aromatic carbocycles. The highest BCUT2D eigenvalue weighted by Gasteiger charge is 2.26. The quantitative estimate of drug-likeness (QED) is 0.423. The van der Waals surface area contributed by atoms with Crippen LogP contribution in [0.25, 0.3) is 0 Å². The van der Waals surface area contributed by atoms with E-state index in [1.807, 2.05) is 18.2 Å². The van der Waals surface area contributed by atoms with Crippen molar-refractivity contribution in [3.05, 3.63) is 62.7 Å². The molecule has 9 heteroatoms. The van der Waals surface area contributed by atoms with Gasteiger partial charge in [0, 0.05) is 34.2 Å². The molecule has 1 aliphatic heterocycles. The number of benzene rings is 2. The Morgan fingerprint density at radius 2 is 1.97 bits per heavy atom. The highest BCUT2D eigenvalue weighted by molar-refractivity contribution is 14.1. The van der Waals surface area contributed by atoms with Crippen LogP contribution in [0.3, 0.4) is 0 Å². The smallest absolute Gasteiger partial charge is 0.404 e. The average molecular weight is 518 g/mol. The molecule has 0 spiro atoms. The van der Waals surface area contributed by atoms with Gasteiger partial charge in [0.05, 0.1) is 18.8 Å². The van der Waals surface area contributed by atoms with E-state index in [-0.39, 0.29) is 24.6 Å². The highest BCUT2D eigenvalue weighted by Crippen LogP contribution is 2.33. The highest BCUT2D eigenvalue weighted by atomic mass is 127. The van der Waals surface area contributed by atoms with E-state index in [1.165, 1.54) is 0 Å². The maximum absolute atomic E-state index is 13.4. The van der Waals surface area contributed by atoms with Crippen molar-refractivity contribution in [2.45, 2.75) is 31.0 Å². The predicted molar refractivity (Wildman–Crippen MR) is 111 cm³/mol. The second-order valence-corrected chi connectivity index (χ2v) is 8.13. The van der Waals surface area contributed by atoms with E-state index < -0.39 is 29.9 Å². The second kappa shape index (κ2) is 9.68. The van der Waals surface area contributed by atoms with Crippen LogP contribution in [0.4, 0.5) is 13.6 Å². The van der Waals surface area contributed by atoms with Crippen LogP contribution in [0.5, 0.6) is 5.75 Å². The fourth-order valence-electron chi connectivity index (χ4n) is 3.41. The molecule has 4 N–H and O–H groups in total. The minimum absolute atomic E-state index is 0.0495. The molecule has 1 heterocycles. The fraction of sp³-hybridized carbons (Fsp3) is 0.350. The zero-order chi connectivity index (χ0) is 21.0. The lowest BCUT2D eigenvalue weighted by molar-refractivity contribution is 0.112. The van der Waals surface area contributed by atoms with Gasteiger partial charge in [0.1, 0.15) is 17.4 Å². The molecule has 0 saturated carbocycles. The Hall–Kier alpha value is -1.98. The maximum Gasteiger partial charge on any atom is 0.404 e. The van der Waals surface area contributed by atoms with Gasteiger partial charge >= 0.3 is 6.09 Å². The Balaban J connectivity index is 1.68. The maximum atomic E-state index is 13.4. The van der Waals surface area contributed by atoms with Gasteiger partial charge in [-0.3, -0.25) is 0 Å². The lowest BCUT2D eigenvalue weighted by Crippen LogP contribution is -2.49. The number of carbonyl (C=O) groups is 1. The molecular weight excluding hydrogens is 497 g/mol. The SMILES string of the molecule is O=C(O)N[C@@H](Cc1cc(F)cc(F)c1)[C@@H](O)CN[C@H]1CCOc2ccc(I)cc21. The summed E-state index contributed by atoms with van der Waals surface area (Å²) >= 11 is 2.21. The van der Waals surface area contributed by atoms with E-state index in [0.29, 0.717) is 13.0 Å². The number of fused-ring (bicyclic) bond motifs is 1. The van der Waals surface area contributed by atoms with Crippen LogP contribution in [-0.4, -0.2) is 41.6 Å². The van der Waals surface area contributed by atoms with Crippen molar-refractivity contribution in [3.8, 4) is 5.75 Å². The first-order chi connectivity index (χ1) is 13.8. The summed E-state index contributed by atoms with van der Waals surface area (Å²) in [6.07, 6.45) is -1.78. The third-order valence-electron chi connectivity index (χ3n) is 4.74. The largest absolute Gasteiger partial charge is 0.493 e. The third-order valence-corrected chi connectivity index (χ3v) is 5.41. The van der Waals surface area contributed by atoms with E-state index in [4.69, 9.17) is 9.84 Å². The molecule has 1 amide bonds. The molecule has 0 radical (unpaired) electrons. The van der Waals surface area contributed by atoms with Crippen molar-refractivity contribution < 1.29 is 28.5 Å². The van der Waals surface area contributed by atoms with E-state index in [1.54, 1.807) is 0 Å². The first kappa shape index (κ1) is 21.7. The molecular formula is C20H21F2IN2O4. The van der Waals surface area contributed by atoms with E-state index in [0.717, 1.165) is 33.1 Å². The molecule has 0 bridgehead atoms. The molecule has 6 nitrogen and oxygen atoms in total. The number of nitrogens with one attached hydrogen (secondary N) is 2. The van der Waals surface area contributed by atoms with Gasteiger partial charge in [-0.05, 0) is 64.9 Å². The summed E-state index contributed by atoms with van der Waals surface area (Å²) in [6.45, 7) is 0.624. The van der Waals surface area contributed by atoms with E-state index in [2.05, 4.69) is 33.2 Å². The lowest BCUT2D eigenvalue weighted by Gasteiger charge is -2.30. The second-order valence-electron chi connectivity index (χ2n) is 6.89. The first-order valence-electron chi connectivity index (χ1n) is 9.10. The van der Waals surface area contributed by atoms with Crippen molar-refractivity contribution in [1.29, 1.82) is 0 Å². The van der Waals surface area contributed by atoms with Gasteiger partial charge in [-0.2, -0.15) is 0 Å². The molecule has 3 atom stereocenters. The zero-order valence-electron chi connectivity index (χ0n) is 15.4. The van der Waals surface area contributed by atoms with Gasteiger partial charge in [0.15, 0.2) is 0 Å². The van der Waals surface area contributed by atoms with Gasteiger partial charge in [0.25, 0.3) is 0 Å². The lowest BCUT2D eigenvalue weighted by atomic mass is 9.98. The summed E-state index contributed by atoms with van der Waals surface area (Å²) in [5, 5.41) is 25.2. The number of ether oxygens (including phenoxy) is 1. The summed E-state index contributed by atoms with van der Waals surface area (Å²) in [5.74, 6) is -0.732. The molecule has 0 fully saturated rings. The summed E-state index contributed by atoms with van der Waals surface area (Å²) in [4.78, 5) is 11.1. The fourth-order valence-corrected chi connectivity index (χ4v) is 3.92. The normalized spacial score (nSPS) is 17.7. The number of amides is 1. The number of halogens is 3. The van der Waals surface area contributed by atoms with Crippen LogP contribution in [0.15, 0.2) is 36.4 Å². The Kier molecular flexibility index (Phi) is 7.25. The molecule has 3 rings (SSSR count). The monoisotopic (exact) mass is 518 g/mol. The summed E-state index contributed by atoms with van der Waals surface area (Å²) < 4.78 is 33.6. The summed E-state index contributed by atoms with van der Waals surface area (Å²) in [6, 6.07) is 7.84. The van der Waals surface area contributed by atoms with Crippen LogP contribution >= 0.6 is 22.6 Å². The number of carboxylic acid groups (broad SMARTS) is 1. The number of aliphatic hydroxyl groups excluding tert-OH is 1. The van der Waals surface area contributed by atoms with Gasteiger partial charge in [-0.1, -0.05) is 0 Å². The van der Waals surface area contributed by atoms with Gasteiger partial charge < -0.3 is 25.6 Å². The molecule has 1 aliphatic rings. The van der Waals surface area contributed by atoms with E-state index in [9.17, 15) is 18.7 Å². The van der Waals surface area contributed by atoms with Crippen molar-refractivity contribution >= 4 is 28.7 Å². The molecule has 2 aromatic rings. The Labute approximate surface area is 180 Å². The van der Waals surface area contributed by atoms with Gasteiger partial charge in [-0.25, -0.2) is 13.6 Å². The summed E-state index contributed by atoms with van der Waals surface area (Å²) in [5.41, 5.74) is 1.23. The number of hydrogen-bond acceptors (Lipinski definition) is 4. The topological polar surface area (TPSA) is 90.8 Å².